The molecular weight excluding hydrogens is 226 g/mol. The van der Waals surface area contributed by atoms with Crippen molar-refractivity contribution in [3.05, 3.63) is 65.1 Å². The first-order valence-corrected chi connectivity index (χ1v) is 5.72. The standard InChI is InChI=1S/C15H12NO2/c1-16-8-6-11(7-9-16)15-10-13(17)12-4-2-3-5-14(12)18-15/h2-10H,1H3/q+1. The van der Waals surface area contributed by atoms with E-state index in [0.29, 0.717) is 16.7 Å². The number of nitrogens with zero attached hydrogens (tertiary/aromatic N) is 1. The van der Waals surface area contributed by atoms with E-state index < -0.39 is 0 Å². The van der Waals surface area contributed by atoms with Crippen LogP contribution in [0.3, 0.4) is 0 Å². The first-order chi connectivity index (χ1) is 8.74. The summed E-state index contributed by atoms with van der Waals surface area (Å²) in [7, 11) is 1.94. The number of para-hydroxylation sites is 1. The van der Waals surface area contributed by atoms with Crippen LogP contribution in [0.4, 0.5) is 0 Å². The van der Waals surface area contributed by atoms with E-state index in [9.17, 15) is 4.79 Å². The molecule has 0 amide bonds. The Hall–Kier alpha value is -2.42. The van der Waals surface area contributed by atoms with Gasteiger partial charge >= 0.3 is 0 Å². The molecule has 0 radical (unpaired) electrons. The average molecular weight is 238 g/mol. The SMILES string of the molecule is C[n+]1ccc(-c2cc(=O)c3ccccc3o2)cc1. The number of pyridine rings is 1. The number of aromatic nitrogens is 1. The third-order valence-electron chi connectivity index (χ3n) is 2.90. The van der Waals surface area contributed by atoms with Crippen LogP contribution in [0.1, 0.15) is 0 Å². The summed E-state index contributed by atoms with van der Waals surface area (Å²) in [4.78, 5) is 12.0. The van der Waals surface area contributed by atoms with Crippen LogP contribution in [0.2, 0.25) is 0 Å². The van der Waals surface area contributed by atoms with Gasteiger partial charge in [-0.1, -0.05) is 12.1 Å². The van der Waals surface area contributed by atoms with Crippen LogP contribution in [0.15, 0.2) is 64.1 Å². The lowest BCUT2D eigenvalue weighted by atomic mass is 10.1. The molecule has 0 atom stereocenters. The Morgan fingerprint density at radius 2 is 1.78 bits per heavy atom. The van der Waals surface area contributed by atoms with E-state index >= 15 is 0 Å². The first-order valence-electron chi connectivity index (χ1n) is 5.72. The van der Waals surface area contributed by atoms with Crippen molar-refractivity contribution in [1.29, 1.82) is 0 Å². The Kier molecular flexibility index (Phi) is 2.45. The lowest BCUT2D eigenvalue weighted by Gasteiger charge is -2.01. The average Bonchev–Trinajstić information content (AvgIpc) is 2.39. The minimum atomic E-state index is -0.0138. The molecule has 0 fully saturated rings. The van der Waals surface area contributed by atoms with Crippen LogP contribution < -0.4 is 10.00 Å². The molecule has 3 heteroatoms. The second-order valence-electron chi connectivity index (χ2n) is 4.22. The topological polar surface area (TPSA) is 34.1 Å². The quantitative estimate of drug-likeness (QED) is 0.609. The fourth-order valence-corrected chi connectivity index (χ4v) is 1.91. The first kappa shape index (κ1) is 10.7. The van der Waals surface area contributed by atoms with Gasteiger partial charge in [0.05, 0.1) is 5.39 Å². The monoisotopic (exact) mass is 238 g/mol. The number of hydrogen-bond donors (Lipinski definition) is 0. The number of fused-ring (bicyclic) bond motifs is 1. The second-order valence-corrected chi connectivity index (χ2v) is 4.22. The van der Waals surface area contributed by atoms with Gasteiger partial charge in [-0.25, -0.2) is 4.57 Å². The molecule has 0 saturated heterocycles. The zero-order chi connectivity index (χ0) is 12.5. The third-order valence-corrected chi connectivity index (χ3v) is 2.90. The molecule has 0 unspecified atom stereocenters. The van der Waals surface area contributed by atoms with E-state index in [1.807, 2.05) is 54.3 Å². The van der Waals surface area contributed by atoms with Gasteiger partial charge in [-0.2, -0.15) is 0 Å². The highest BCUT2D eigenvalue weighted by Crippen LogP contribution is 2.20. The smallest absolute Gasteiger partial charge is 0.193 e. The molecule has 0 N–H and O–H groups in total. The Bertz CT molecular complexity index is 757. The van der Waals surface area contributed by atoms with Gasteiger partial charge in [0.2, 0.25) is 0 Å². The van der Waals surface area contributed by atoms with Gasteiger partial charge in [-0.05, 0) is 12.1 Å². The maximum Gasteiger partial charge on any atom is 0.193 e. The molecule has 18 heavy (non-hydrogen) atoms. The van der Waals surface area contributed by atoms with Crippen LogP contribution in [0.5, 0.6) is 0 Å². The van der Waals surface area contributed by atoms with Crippen molar-refractivity contribution in [1.82, 2.24) is 0 Å². The number of rotatable bonds is 1. The van der Waals surface area contributed by atoms with Crippen molar-refractivity contribution < 1.29 is 8.98 Å². The van der Waals surface area contributed by atoms with Crippen molar-refractivity contribution in [2.45, 2.75) is 0 Å². The van der Waals surface area contributed by atoms with Crippen molar-refractivity contribution >= 4 is 11.0 Å². The van der Waals surface area contributed by atoms with Gasteiger partial charge in [-0.15, -0.1) is 0 Å². The molecule has 1 aromatic carbocycles. The minimum absolute atomic E-state index is 0.0138. The summed E-state index contributed by atoms with van der Waals surface area (Å²) in [6.45, 7) is 0. The zero-order valence-corrected chi connectivity index (χ0v) is 9.96. The molecule has 0 spiro atoms. The van der Waals surface area contributed by atoms with Crippen LogP contribution in [0, 0.1) is 0 Å². The van der Waals surface area contributed by atoms with E-state index in [4.69, 9.17) is 4.42 Å². The summed E-state index contributed by atoms with van der Waals surface area (Å²) in [5, 5.41) is 0.614. The molecule has 3 aromatic rings. The number of aryl methyl sites for hydroxylation is 1. The third kappa shape index (κ3) is 1.80. The molecule has 0 aliphatic carbocycles. The van der Waals surface area contributed by atoms with Crippen LogP contribution >= 0.6 is 0 Å². The normalized spacial score (nSPS) is 10.7. The molecule has 2 aromatic heterocycles. The molecule has 2 heterocycles. The van der Waals surface area contributed by atoms with Gasteiger partial charge in [0, 0.05) is 23.8 Å². The van der Waals surface area contributed by atoms with E-state index in [1.165, 1.54) is 6.07 Å². The Labute approximate surface area is 104 Å². The predicted molar refractivity (Wildman–Crippen MR) is 69.1 cm³/mol. The summed E-state index contributed by atoms with van der Waals surface area (Å²) >= 11 is 0. The lowest BCUT2D eigenvalue weighted by Crippen LogP contribution is -2.25. The Balaban J connectivity index is 2.24. The lowest BCUT2D eigenvalue weighted by molar-refractivity contribution is -0.671. The van der Waals surface area contributed by atoms with Gasteiger partial charge in [-0.3, -0.25) is 4.79 Å². The van der Waals surface area contributed by atoms with Gasteiger partial charge in [0.1, 0.15) is 18.4 Å². The van der Waals surface area contributed by atoms with Crippen LogP contribution in [-0.4, -0.2) is 0 Å². The zero-order valence-electron chi connectivity index (χ0n) is 9.96. The molecule has 3 nitrogen and oxygen atoms in total. The van der Waals surface area contributed by atoms with E-state index in [0.717, 1.165) is 5.56 Å². The fourth-order valence-electron chi connectivity index (χ4n) is 1.91. The summed E-state index contributed by atoms with van der Waals surface area (Å²) in [5.41, 5.74) is 1.50. The highest BCUT2D eigenvalue weighted by Gasteiger charge is 2.07. The van der Waals surface area contributed by atoms with Crippen molar-refractivity contribution in [2.24, 2.45) is 7.05 Å². The summed E-state index contributed by atoms with van der Waals surface area (Å²) in [5.74, 6) is 0.597. The second kappa shape index (κ2) is 4.11. The number of benzene rings is 1. The van der Waals surface area contributed by atoms with Crippen LogP contribution in [0.25, 0.3) is 22.3 Å². The highest BCUT2D eigenvalue weighted by atomic mass is 16.3. The largest absolute Gasteiger partial charge is 0.456 e. The Morgan fingerprint density at radius 3 is 2.56 bits per heavy atom. The Morgan fingerprint density at radius 1 is 1.06 bits per heavy atom. The van der Waals surface area contributed by atoms with E-state index in [2.05, 4.69) is 0 Å². The van der Waals surface area contributed by atoms with Crippen molar-refractivity contribution in [3.63, 3.8) is 0 Å². The fraction of sp³-hybridized carbons (Fsp3) is 0.0667. The molecule has 0 aliphatic rings. The predicted octanol–water partition coefficient (Wildman–Crippen LogP) is 2.28. The van der Waals surface area contributed by atoms with Gasteiger partial charge in [0.15, 0.2) is 17.8 Å². The highest BCUT2D eigenvalue weighted by molar-refractivity contribution is 5.78. The van der Waals surface area contributed by atoms with Crippen molar-refractivity contribution in [2.75, 3.05) is 0 Å². The molecule has 0 saturated carbocycles. The molecular formula is C15H12NO2+. The summed E-state index contributed by atoms with van der Waals surface area (Å²) in [6, 6.07) is 12.7. The molecule has 3 rings (SSSR count). The van der Waals surface area contributed by atoms with Gasteiger partial charge in [0.25, 0.3) is 0 Å². The molecule has 88 valence electrons. The van der Waals surface area contributed by atoms with Crippen LogP contribution in [-0.2, 0) is 7.05 Å². The maximum atomic E-state index is 12.0. The minimum Gasteiger partial charge on any atom is -0.456 e. The van der Waals surface area contributed by atoms with E-state index in [1.54, 1.807) is 6.07 Å². The summed E-state index contributed by atoms with van der Waals surface area (Å²) in [6.07, 6.45) is 3.84. The molecule has 0 aliphatic heterocycles. The molecule has 0 bridgehead atoms. The van der Waals surface area contributed by atoms with Gasteiger partial charge < -0.3 is 4.42 Å². The summed E-state index contributed by atoms with van der Waals surface area (Å²) < 4.78 is 7.69. The maximum absolute atomic E-state index is 12.0. The van der Waals surface area contributed by atoms with Crippen molar-refractivity contribution in [3.8, 4) is 11.3 Å². The number of hydrogen-bond acceptors (Lipinski definition) is 2. The van der Waals surface area contributed by atoms with E-state index in [-0.39, 0.29) is 5.43 Å².